The van der Waals surface area contributed by atoms with E-state index < -0.39 is 41.1 Å². The topological polar surface area (TPSA) is 105 Å². The fourth-order valence-electron chi connectivity index (χ4n) is 6.43. The number of nitrogens with one attached hydrogen (secondary N) is 1. The summed E-state index contributed by atoms with van der Waals surface area (Å²) >= 11 is 0. The summed E-state index contributed by atoms with van der Waals surface area (Å²) in [6.07, 6.45) is 1.03. The van der Waals surface area contributed by atoms with Crippen LogP contribution in [0.1, 0.15) is 51.7 Å². The van der Waals surface area contributed by atoms with Gasteiger partial charge >= 0.3 is 5.97 Å². The van der Waals surface area contributed by atoms with Gasteiger partial charge in [0.2, 0.25) is 11.8 Å². The third-order valence-corrected chi connectivity index (χ3v) is 8.05. The second kappa shape index (κ2) is 8.64. The number of ether oxygens (including phenoxy) is 2. The molecule has 1 aromatic carbocycles. The maximum atomic E-state index is 14.0. The summed E-state index contributed by atoms with van der Waals surface area (Å²) in [7, 11) is 0. The first-order valence-electron chi connectivity index (χ1n) is 12.2. The van der Waals surface area contributed by atoms with Gasteiger partial charge < -0.3 is 24.8 Å². The Hall–Kier alpha value is -2.45. The van der Waals surface area contributed by atoms with Gasteiger partial charge in [0.15, 0.2) is 0 Å². The largest absolute Gasteiger partial charge is 0.466 e. The van der Waals surface area contributed by atoms with Crippen LogP contribution in [0.2, 0.25) is 0 Å². The van der Waals surface area contributed by atoms with Crippen molar-refractivity contribution in [1.29, 1.82) is 0 Å². The lowest BCUT2D eigenvalue weighted by molar-refractivity contribution is -0.160. The summed E-state index contributed by atoms with van der Waals surface area (Å²) in [6, 6.07) is 4.21. The van der Waals surface area contributed by atoms with Crippen molar-refractivity contribution in [2.24, 2.45) is 17.8 Å². The molecule has 6 atom stereocenters. The molecule has 3 aliphatic rings. The van der Waals surface area contributed by atoms with E-state index in [1.165, 1.54) is 4.90 Å². The van der Waals surface area contributed by atoms with Gasteiger partial charge in [-0.1, -0.05) is 32.0 Å². The molecular formula is C26H36N2O6. The van der Waals surface area contributed by atoms with E-state index in [0.29, 0.717) is 18.5 Å². The monoisotopic (exact) mass is 472 g/mol. The number of benzene rings is 1. The Balaban J connectivity index is 1.81. The summed E-state index contributed by atoms with van der Waals surface area (Å²) < 4.78 is 11.9. The lowest BCUT2D eigenvalue weighted by atomic mass is 9.66. The number of fused-ring (bicyclic) bond motifs is 1. The van der Waals surface area contributed by atoms with Crippen molar-refractivity contribution in [3.05, 3.63) is 29.3 Å². The zero-order valence-electron chi connectivity index (χ0n) is 20.9. The molecule has 1 aromatic rings. The number of hydrogen-bond acceptors (Lipinski definition) is 6. The summed E-state index contributed by atoms with van der Waals surface area (Å²) in [5.74, 6) is -2.87. The van der Waals surface area contributed by atoms with E-state index in [9.17, 15) is 19.5 Å². The van der Waals surface area contributed by atoms with Gasteiger partial charge in [-0.3, -0.25) is 14.4 Å². The molecule has 0 saturated carbocycles. The fourth-order valence-corrected chi connectivity index (χ4v) is 6.43. The Kier molecular flexibility index (Phi) is 6.27. The summed E-state index contributed by atoms with van der Waals surface area (Å²) in [5.41, 5.74) is 0.502. The average molecular weight is 473 g/mol. The number of anilines is 1. The molecule has 2 bridgehead atoms. The highest BCUT2D eigenvalue weighted by Crippen LogP contribution is 2.63. The minimum absolute atomic E-state index is 0.103. The van der Waals surface area contributed by atoms with Gasteiger partial charge in [0, 0.05) is 5.69 Å². The molecule has 3 aliphatic heterocycles. The number of para-hydroxylation sites is 1. The maximum Gasteiger partial charge on any atom is 0.312 e. The number of esters is 1. The number of carbonyl (C=O) groups excluding carboxylic acids is 3. The van der Waals surface area contributed by atoms with Crippen LogP contribution >= 0.6 is 0 Å². The quantitative estimate of drug-likeness (QED) is 0.591. The predicted octanol–water partition coefficient (Wildman–Crippen LogP) is 2.59. The predicted molar refractivity (Wildman–Crippen MR) is 126 cm³/mol. The van der Waals surface area contributed by atoms with Crippen LogP contribution in [0.25, 0.3) is 0 Å². The Morgan fingerprint density at radius 3 is 2.47 bits per heavy atom. The number of hydrogen-bond donors (Lipinski definition) is 2. The third-order valence-electron chi connectivity index (χ3n) is 8.05. The molecule has 3 saturated heterocycles. The minimum Gasteiger partial charge on any atom is -0.466 e. The molecule has 1 spiro atoms. The molecular weight excluding hydrogens is 436 g/mol. The van der Waals surface area contributed by atoms with Crippen molar-refractivity contribution in [1.82, 2.24) is 4.90 Å². The molecule has 2 amide bonds. The van der Waals surface area contributed by atoms with E-state index in [1.54, 1.807) is 6.92 Å². The smallest absolute Gasteiger partial charge is 0.312 e. The minimum atomic E-state index is -1.15. The molecule has 4 rings (SSSR count). The average Bonchev–Trinajstić information content (AvgIpc) is 3.32. The first-order valence-corrected chi connectivity index (χ1v) is 12.2. The summed E-state index contributed by atoms with van der Waals surface area (Å²) in [4.78, 5) is 42.5. The van der Waals surface area contributed by atoms with Crippen LogP contribution in [0.3, 0.4) is 0 Å². The molecule has 2 unspecified atom stereocenters. The van der Waals surface area contributed by atoms with Gasteiger partial charge in [0.1, 0.15) is 17.6 Å². The lowest BCUT2D eigenvalue weighted by Crippen LogP contribution is -2.57. The zero-order valence-corrected chi connectivity index (χ0v) is 20.9. The van der Waals surface area contributed by atoms with Crippen molar-refractivity contribution in [3.8, 4) is 0 Å². The highest BCUT2D eigenvalue weighted by molar-refractivity contribution is 6.04. The molecule has 186 valence electrons. The molecule has 0 aliphatic carbocycles. The van der Waals surface area contributed by atoms with E-state index in [0.717, 1.165) is 11.1 Å². The normalized spacial score (nSPS) is 32.8. The van der Waals surface area contributed by atoms with Crippen molar-refractivity contribution >= 4 is 23.5 Å². The first kappa shape index (κ1) is 24.7. The van der Waals surface area contributed by atoms with Crippen molar-refractivity contribution in [2.75, 3.05) is 18.5 Å². The number of amides is 2. The van der Waals surface area contributed by atoms with Crippen molar-refractivity contribution in [3.63, 3.8) is 0 Å². The number of aliphatic hydroxyl groups excluding tert-OH is 1. The maximum absolute atomic E-state index is 14.0. The summed E-state index contributed by atoms with van der Waals surface area (Å²) in [5, 5.41) is 13.3. The van der Waals surface area contributed by atoms with Gasteiger partial charge in [-0.05, 0) is 57.6 Å². The van der Waals surface area contributed by atoms with Gasteiger partial charge in [-0.2, -0.15) is 0 Å². The Labute approximate surface area is 201 Å². The van der Waals surface area contributed by atoms with Crippen molar-refractivity contribution < 1.29 is 29.0 Å². The number of carbonyl (C=O) groups is 3. The van der Waals surface area contributed by atoms with E-state index >= 15 is 0 Å². The summed E-state index contributed by atoms with van der Waals surface area (Å²) in [6.45, 7) is 11.1. The Morgan fingerprint density at radius 2 is 1.91 bits per heavy atom. The van der Waals surface area contributed by atoms with E-state index in [-0.39, 0.29) is 30.9 Å². The van der Waals surface area contributed by atoms with E-state index in [1.807, 2.05) is 52.8 Å². The van der Waals surface area contributed by atoms with Gasteiger partial charge in [0.05, 0.1) is 30.8 Å². The number of aliphatic hydroxyl groups is 1. The van der Waals surface area contributed by atoms with Gasteiger partial charge in [-0.15, -0.1) is 0 Å². The Morgan fingerprint density at radius 1 is 1.26 bits per heavy atom. The highest BCUT2D eigenvalue weighted by atomic mass is 16.6. The number of nitrogens with zero attached hydrogens (tertiary/aromatic N) is 1. The number of aryl methyl sites for hydroxylation is 2. The van der Waals surface area contributed by atoms with Crippen LogP contribution in [0.15, 0.2) is 18.2 Å². The fraction of sp³-hybridized carbons (Fsp3) is 0.654. The molecule has 0 aromatic heterocycles. The second-order valence-corrected chi connectivity index (χ2v) is 10.5. The SMILES string of the molecule is CCOC(=O)[C@H]1[C@H]2C(=O)N([C@@H](CO)C(C)C)C(C(=O)Nc3c(C)cccc3C)C23CC[C@]1(C)O3. The molecule has 8 heteroatoms. The standard InChI is InChI=1S/C26H36N2O6/c1-7-33-24(32)19-18-23(31)28(17(13-29)14(2)3)21(26(18)12-11-25(19,6)34-26)22(30)27-20-15(4)9-8-10-16(20)5/h8-10,14,17-19,21,29H,7,11-13H2,1-6H3,(H,27,30)/t17-,18-,19+,21?,25-,26?/m0/s1. The van der Waals surface area contributed by atoms with Crippen LogP contribution in [0, 0.1) is 31.6 Å². The van der Waals surface area contributed by atoms with Crippen molar-refractivity contribution in [2.45, 2.75) is 77.7 Å². The second-order valence-electron chi connectivity index (χ2n) is 10.5. The third kappa shape index (κ3) is 3.45. The number of likely N-dealkylation sites (tertiary alicyclic amines) is 1. The molecule has 3 fully saturated rings. The van der Waals surface area contributed by atoms with E-state index in [2.05, 4.69) is 5.32 Å². The number of rotatable bonds is 7. The van der Waals surface area contributed by atoms with Crippen LogP contribution in [0.4, 0.5) is 5.69 Å². The van der Waals surface area contributed by atoms with Gasteiger partial charge in [-0.25, -0.2) is 0 Å². The van der Waals surface area contributed by atoms with Crippen LogP contribution < -0.4 is 5.32 Å². The van der Waals surface area contributed by atoms with E-state index in [4.69, 9.17) is 9.47 Å². The van der Waals surface area contributed by atoms with Crippen LogP contribution in [0.5, 0.6) is 0 Å². The van der Waals surface area contributed by atoms with Crippen LogP contribution in [-0.2, 0) is 23.9 Å². The molecule has 3 heterocycles. The molecule has 34 heavy (non-hydrogen) atoms. The zero-order chi connectivity index (χ0) is 25.0. The first-order chi connectivity index (χ1) is 16.0. The van der Waals surface area contributed by atoms with Crippen LogP contribution in [-0.4, -0.2) is 64.3 Å². The van der Waals surface area contributed by atoms with Gasteiger partial charge in [0.25, 0.3) is 0 Å². The molecule has 2 N–H and O–H groups in total. The lowest BCUT2D eigenvalue weighted by Gasteiger charge is -2.38. The Bertz CT molecular complexity index is 989. The molecule has 0 radical (unpaired) electrons. The highest BCUT2D eigenvalue weighted by Gasteiger charge is 2.78. The molecule has 8 nitrogen and oxygen atoms in total.